The van der Waals surface area contributed by atoms with Crippen molar-refractivity contribution in [1.82, 2.24) is 0 Å². The molecule has 0 aliphatic heterocycles. The van der Waals surface area contributed by atoms with E-state index in [2.05, 4.69) is 21.2 Å². The predicted octanol–water partition coefficient (Wildman–Crippen LogP) is 5.93. The summed E-state index contributed by atoms with van der Waals surface area (Å²) < 4.78 is 0.644. The minimum absolute atomic E-state index is 0.0213. The summed E-state index contributed by atoms with van der Waals surface area (Å²) in [5, 5.41) is 15.2. The first-order valence-electron chi connectivity index (χ1n) is 5.69. The highest BCUT2D eigenvalue weighted by atomic mass is 79.9. The van der Waals surface area contributed by atoms with Gasteiger partial charge in [0.25, 0.3) is 5.69 Å². The zero-order valence-corrected chi connectivity index (χ0v) is 14.2. The molecule has 2 aromatic rings. The molecule has 0 aliphatic rings. The Hall–Kier alpha value is -1.01. The van der Waals surface area contributed by atoms with Gasteiger partial charge in [-0.25, -0.2) is 0 Å². The molecule has 0 saturated carbocycles. The van der Waals surface area contributed by atoms with Crippen molar-refractivity contribution >= 4 is 62.1 Å². The molecular formula is C13H8BrCl3N2O2. The van der Waals surface area contributed by atoms with Gasteiger partial charge in [-0.05, 0) is 24.3 Å². The standard InChI is InChI=1S/C13H8BrCl3N2O2/c14-8-2-1-7(13(3-8)19(20)21)6-18-12-5-10(16)9(15)4-11(12)17/h1-5,18H,6H2. The average Bonchev–Trinajstić information content (AvgIpc) is 2.42. The maximum absolute atomic E-state index is 11.0. The van der Waals surface area contributed by atoms with Gasteiger partial charge < -0.3 is 5.32 Å². The summed E-state index contributed by atoms with van der Waals surface area (Å²) >= 11 is 21.0. The minimum Gasteiger partial charge on any atom is -0.379 e. The van der Waals surface area contributed by atoms with Crippen LogP contribution < -0.4 is 5.32 Å². The SMILES string of the molecule is O=[N+]([O-])c1cc(Br)ccc1CNc1cc(Cl)c(Cl)cc1Cl. The number of nitrogens with zero attached hydrogens (tertiary/aromatic N) is 1. The fraction of sp³-hybridized carbons (Fsp3) is 0.0769. The van der Waals surface area contributed by atoms with Gasteiger partial charge in [0.05, 0.1) is 25.7 Å². The van der Waals surface area contributed by atoms with Gasteiger partial charge in [0.15, 0.2) is 0 Å². The molecule has 2 aromatic carbocycles. The van der Waals surface area contributed by atoms with Gasteiger partial charge in [-0.15, -0.1) is 0 Å². The number of nitro groups is 1. The molecule has 0 spiro atoms. The molecule has 0 aromatic heterocycles. The van der Waals surface area contributed by atoms with E-state index in [1.54, 1.807) is 18.2 Å². The van der Waals surface area contributed by atoms with Crippen molar-refractivity contribution in [2.24, 2.45) is 0 Å². The highest BCUT2D eigenvalue weighted by molar-refractivity contribution is 9.10. The Morgan fingerprint density at radius 1 is 1.10 bits per heavy atom. The Morgan fingerprint density at radius 3 is 2.43 bits per heavy atom. The Labute approximate surface area is 144 Å². The number of hydrogen-bond acceptors (Lipinski definition) is 3. The van der Waals surface area contributed by atoms with Gasteiger partial charge in [-0.2, -0.15) is 0 Å². The fourth-order valence-corrected chi connectivity index (χ4v) is 2.67. The van der Waals surface area contributed by atoms with Gasteiger partial charge in [-0.3, -0.25) is 10.1 Å². The van der Waals surface area contributed by atoms with E-state index >= 15 is 0 Å². The Morgan fingerprint density at radius 2 is 1.76 bits per heavy atom. The summed E-state index contributed by atoms with van der Waals surface area (Å²) in [4.78, 5) is 10.6. The largest absolute Gasteiger partial charge is 0.379 e. The molecule has 110 valence electrons. The molecule has 21 heavy (non-hydrogen) atoms. The first kappa shape index (κ1) is 16.4. The molecular weight excluding hydrogens is 402 g/mol. The van der Waals surface area contributed by atoms with Crippen LogP contribution in [0, 0.1) is 10.1 Å². The number of halogens is 4. The first-order valence-corrected chi connectivity index (χ1v) is 7.62. The van der Waals surface area contributed by atoms with E-state index in [1.807, 2.05) is 0 Å². The van der Waals surface area contributed by atoms with Crippen LogP contribution in [0.3, 0.4) is 0 Å². The lowest BCUT2D eigenvalue weighted by atomic mass is 10.1. The normalized spacial score (nSPS) is 10.5. The zero-order valence-electron chi connectivity index (χ0n) is 10.4. The third-order valence-electron chi connectivity index (χ3n) is 2.72. The van der Waals surface area contributed by atoms with Crippen LogP contribution in [0.2, 0.25) is 15.1 Å². The third-order valence-corrected chi connectivity index (χ3v) is 4.25. The molecule has 0 unspecified atom stereocenters. The minimum atomic E-state index is -0.432. The van der Waals surface area contributed by atoms with Gasteiger partial charge >= 0.3 is 0 Å². The zero-order chi connectivity index (χ0) is 15.6. The third kappa shape index (κ3) is 4.01. The highest BCUT2D eigenvalue weighted by Gasteiger charge is 2.14. The van der Waals surface area contributed by atoms with E-state index in [-0.39, 0.29) is 12.2 Å². The summed E-state index contributed by atoms with van der Waals surface area (Å²) in [5.41, 5.74) is 1.11. The summed E-state index contributed by atoms with van der Waals surface area (Å²) in [7, 11) is 0. The molecule has 0 fully saturated rings. The van der Waals surface area contributed by atoms with Gasteiger partial charge in [0.2, 0.25) is 0 Å². The summed E-state index contributed by atoms with van der Waals surface area (Å²) in [6.45, 7) is 0.237. The Bertz CT molecular complexity index is 710. The lowest BCUT2D eigenvalue weighted by Gasteiger charge is -2.10. The number of rotatable bonds is 4. The van der Waals surface area contributed by atoms with Gasteiger partial charge in [-0.1, -0.05) is 50.7 Å². The number of nitro benzene ring substituents is 1. The number of nitrogens with one attached hydrogen (secondary N) is 1. The fourth-order valence-electron chi connectivity index (χ4n) is 1.70. The molecule has 0 saturated heterocycles. The molecule has 0 atom stereocenters. The van der Waals surface area contributed by atoms with Crippen LogP contribution in [0.1, 0.15) is 5.56 Å². The average molecular weight is 410 g/mol. The van der Waals surface area contributed by atoms with Crippen molar-refractivity contribution in [1.29, 1.82) is 0 Å². The predicted molar refractivity (Wildman–Crippen MR) is 89.6 cm³/mol. The molecule has 0 heterocycles. The topological polar surface area (TPSA) is 55.2 Å². The maximum atomic E-state index is 11.0. The number of anilines is 1. The molecule has 1 N–H and O–H groups in total. The molecule has 2 rings (SSSR count). The van der Waals surface area contributed by atoms with Crippen molar-refractivity contribution in [3.8, 4) is 0 Å². The number of hydrogen-bond donors (Lipinski definition) is 1. The summed E-state index contributed by atoms with van der Waals surface area (Å²) in [6, 6.07) is 7.95. The Kier molecular flexibility index (Phi) is 5.32. The van der Waals surface area contributed by atoms with E-state index in [9.17, 15) is 10.1 Å². The van der Waals surface area contributed by atoms with Gasteiger partial charge in [0, 0.05) is 22.6 Å². The molecule has 4 nitrogen and oxygen atoms in total. The molecule has 8 heteroatoms. The monoisotopic (exact) mass is 408 g/mol. The maximum Gasteiger partial charge on any atom is 0.275 e. The van der Waals surface area contributed by atoms with Crippen molar-refractivity contribution in [3.05, 3.63) is 65.6 Å². The van der Waals surface area contributed by atoms with Crippen molar-refractivity contribution in [2.45, 2.75) is 6.54 Å². The van der Waals surface area contributed by atoms with Crippen LogP contribution >= 0.6 is 50.7 Å². The smallest absolute Gasteiger partial charge is 0.275 e. The van der Waals surface area contributed by atoms with E-state index in [1.165, 1.54) is 12.1 Å². The molecule has 0 amide bonds. The van der Waals surface area contributed by atoms with Crippen LogP contribution in [0.15, 0.2) is 34.8 Å². The molecule has 0 aliphatic carbocycles. The van der Waals surface area contributed by atoms with E-state index < -0.39 is 4.92 Å². The van der Waals surface area contributed by atoms with E-state index in [0.717, 1.165) is 0 Å². The second-order valence-electron chi connectivity index (χ2n) is 4.13. The van der Waals surface area contributed by atoms with Crippen molar-refractivity contribution in [3.63, 3.8) is 0 Å². The van der Waals surface area contributed by atoms with Crippen LogP contribution in [-0.2, 0) is 6.54 Å². The second kappa shape index (κ2) is 6.83. The van der Waals surface area contributed by atoms with Crippen LogP contribution in [0.25, 0.3) is 0 Å². The number of benzene rings is 2. The quantitative estimate of drug-likeness (QED) is 0.386. The summed E-state index contributed by atoms with van der Waals surface area (Å²) in [6.07, 6.45) is 0. The molecule has 0 radical (unpaired) electrons. The Balaban J connectivity index is 2.25. The van der Waals surface area contributed by atoms with Crippen molar-refractivity contribution in [2.75, 3.05) is 5.32 Å². The summed E-state index contributed by atoms with van der Waals surface area (Å²) in [5.74, 6) is 0. The lowest BCUT2D eigenvalue weighted by Crippen LogP contribution is -2.03. The lowest BCUT2D eigenvalue weighted by molar-refractivity contribution is -0.385. The van der Waals surface area contributed by atoms with Crippen LogP contribution in [-0.4, -0.2) is 4.92 Å². The van der Waals surface area contributed by atoms with Crippen molar-refractivity contribution < 1.29 is 4.92 Å². The van der Waals surface area contributed by atoms with Gasteiger partial charge in [0.1, 0.15) is 0 Å². The van der Waals surface area contributed by atoms with Crippen LogP contribution in [0.5, 0.6) is 0 Å². The molecule has 0 bridgehead atoms. The second-order valence-corrected chi connectivity index (χ2v) is 6.27. The van der Waals surface area contributed by atoms with Crippen LogP contribution in [0.4, 0.5) is 11.4 Å². The van der Waals surface area contributed by atoms with E-state index in [4.69, 9.17) is 34.8 Å². The highest BCUT2D eigenvalue weighted by Crippen LogP contribution is 2.33. The first-order chi connectivity index (χ1) is 9.88. The van der Waals surface area contributed by atoms with E-state index in [0.29, 0.717) is 30.8 Å².